The molecule has 0 spiro atoms. The van der Waals surface area contributed by atoms with E-state index in [-0.39, 0.29) is 73.3 Å². The Morgan fingerprint density at radius 3 is 0.812 bits per heavy atom. The maximum absolute atomic E-state index is 5.05. The summed E-state index contributed by atoms with van der Waals surface area (Å²) in [6, 6.07) is 122. The fraction of sp³-hybridized carbons (Fsp3) is 0.144. The number of benzene rings is 13. The number of hydrogen-bond acceptors (Lipinski definition) is 2. The molecule has 0 unspecified atom stereocenters. The number of H-pyrrole nitrogens is 1. The van der Waals surface area contributed by atoms with Gasteiger partial charge in [0.15, 0.2) is 0 Å². The molecule has 6 heteroatoms. The van der Waals surface area contributed by atoms with Gasteiger partial charge in [-0.25, -0.2) is 0 Å². The average molecular weight is 1860 g/mol. The molecule has 0 radical (unpaired) electrons. The van der Waals surface area contributed by atoms with E-state index in [1.54, 1.807) is 0 Å². The van der Waals surface area contributed by atoms with Gasteiger partial charge in [-0.1, -0.05) is 217 Å². The van der Waals surface area contributed by atoms with Crippen LogP contribution in [0.3, 0.4) is 0 Å². The van der Waals surface area contributed by atoms with Crippen LogP contribution in [0.15, 0.2) is 370 Å². The maximum atomic E-state index is 5.05. The number of rotatable bonds is 4. The minimum absolute atomic E-state index is 0. The van der Waals surface area contributed by atoms with Crippen LogP contribution in [-0.2, 0) is 73.3 Å². The Labute approximate surface area is 738 Å². The quantitative estimate of drug-likeness (QED) is 0.109. The van der Waals surface area contributed by atoms with Crippen molar-refractivity contribution in [1.82, 2.24) is 19.9 Å². The first-order chi connectivity index (χ1) is 55.0. The number of fused-ring (bicyclic) bond motifs is 4. The molecule has 0 aliphatic carbocycles. The third kappa shape index (κ3) is 29.1. The standard InChI is InChI=1S/C31H32N2.C31H31N2.7C7H7.2Hf/c2*1-30(2,3)22-12-13-24-21(18-22)17-20-10-11-23(31(4,5)6)19-25(20)29(24)28-15-14-27(33-28)26-9-7-8-16-32-26;7*1-7-5-3-2-4-6-7;;/h7-19,33H,1-6H3;7-19H,1-6H3;7*2-6H,1H2;;/q;8*-1;;+4. The average Bonchev–Trinajstić information content (AvgIpc) is 1.74. The Hall–Kier alpha value is -11.4. The molecule has 17 aromatic rings. The predicted octanol–water partition coefficient (Wildman–Crippen LogP) is 30.0. The van der Waals surface area contributed by atoms with Crippen LogP contribution in [0.5, 0.6) is 0 Å². The van der Waals surface area contributed by atoms with Crippen molar-refractivity contribution in [1.29, 1.82) is 0 Å². The van der Waals surface area contributed by atoms with Crippen LogP contribution in [0.2, 0.25) is 0 Å². The van der Waals surface area contributed by atoms with E-state index in [1.165, 1.54) is 76.5 Å². The van der Waals surface area contributed by atoms with Crippen LogP contribution < -0.4 is 4.98 Å². The SMILES string of the molecule is CC(C)(C)c1ccc2c(-c3ccc(-c4ccccn4)[n-]3)c3cc(C(C)(C)C)ccc3cc2c1.CC(C)(C)c1ccc2c(-c3ccc(-c4ccccn4)[nH]3)c3cc(C(C)(C)C)ccc3cc2c1.[CH2-]c1ccccc1.[CH2-]c1ccccc1.[CH2-]c1ccccc1.[CH2-]c1ccccc1.[CH2-]c1ccccc1.[CH2-]c1ccccc1.[CH2-]c1ccccc1.[Hf+4].[Hf]. The van der Waals surface area contributed by atoms with Gasteiger partial charge >= 0.3 is 25.8 Å². The minimum atomic E-state index is 0. The molecule has 4 heterocycles. The monoisotopic (exact) mass is 1860 g/mol. The van der Waals surface area contributed by atoms with Crippen molar-refractivity contribution < 1.29 is 51.7 Å². The Morgan fingerprint density at radius 2 is 0.513 bits per heavy atom. The molecule has 4 nitrogen and oxygen atoms in total. The van der Waals surface area contributed by atoms with E-state index in [0.29, 0.717) is 0 Å². The van der Waals surface area contributed by atoms with Crippen LogP contribution in [0.25, 0.3) is 88.4 Å². The first-order valence-electron chi connectivity index (χ1n) is 39.3. The van der Waals surface area contributed by atoms with E-state index in [1.807, 2.05) is 261 Å². The Kier molecular flexibility index (Phi) is 35.4. The second-order valence-corrected chi connectivity index (χ2v) is 32.6. The molecular weight excluding hydrogens is 1750 g/mol. The normalized spacial score (nSPS) is 10.7. The van der Waals surface area contributed by atoms with E-state index < -0.39 is 0 Å². The van der Waals surface area contributed by atoms with Gasteiger partial charge in [-0.3, -0.25) is 9.97 Å². The first kappa shape index (κ1) is 92.8. The topological polar surface area (TPSA) is 55.7 Å². The van der Waals surface area contributed by atoms with Crippen molar-refractivity contribution in [2.45, 2.75) is 105 Å². The summed E-state index contributed by atoms with van der Waals surface area (Å²) in [5, 5.41) is 10.1. The van der Waals surface area contributed by atoms with Gasteiger partial charge in [0.05, 0.1) is 11.4 Å². The van der Waals surface area contributed by atoms with Gasteiger partial charge in [0.25, 0.3) is 0 Å². The number of nitrogens with zero attached hydrogens (tertiary/aromatic N) is 3. The third-order valence-electron chi connectivity index (χ3n) is 19.0. The summed E-state index contributed by atoms with van der Waals surface area (Å²) in [6.45, 7) is 53.3. The molecule has 588 valence electrons. The molecule has 0 bridgehead atoms. The second kappa shape index (κ2) is 44.6. The molecule has 0 saturated heterocycles. The van der Waals surface area contributed by atoms with Crippen LogP contribution >= 0.6 is 0 Å². The molecule has 117 heavy (non-hydrogen) atoms. The summed E-state index contributed by atoms with van der Waals surface area (Å²) in [7, 11) is 0. The summed E-state index contributed by atoms with van der Waals surface area (Å²) in [5.41, 5.74) is 21.7. The molecule has 13 aromatic carbocycles. The van der Waals surface area contributed by atoms with Gasteiger partial charge in [-0.05, 0) is 147 Å². The van der Waals surface area contributed by atoms with Gasteiger partial charge in [0.2, 0.25) is 0 Å². The summed E-state index contributed by atoms with van der Waals surface area (Å²) in [4.78, 5) is 17.8. The maximum Gasteiger partial charge on any atom is 4.00 e. The van der Waals surface area contributed by atoms with E-state index in [0.717, 1.165) is 73.1 Å². The van der Waals surface area contributed by atoms with Crippen molar-refractivity contribution in [2.24, 2.45) is 0 Å². The van der Waals surface area contributed by atoms with E-state index in [2.05, 4.69) is 256 Å². The van der Waals surface area contributed by atoms with Gasteiger partial charge in [-0.15, -0.1) is 96.3 Å². The van der Waals surface area contributed by atoms with E-state index in [4.69, 9.17) is 4.98 Å². The summed E-state index contributed by atoms with van der Waals surface area (Å²) in [6.07, 6.45) is 3.66. The largest absolute Gasteiger partial charge is 4.00 e. The van der Waals surface area contributed by atoms with Gasteiger partial charge in [0, 0.05) is 55.2 Å². The molecule has 4 aromatic heterocycles. The molecule has 0 fully saturated rings. The molecule has 0 saturated carbocycles. The molecule has 0 amide bonds. The van der Waals surface area contributed by atoms with Crippen molar-refractivity contribution in [2.75, 3.05) is 0 Å². The number of hydrogen-bond donors (Lipinski definition) is 1. The molecule has 0 aliphatic rings. The molecule has 0 atom stereocenters. The van der Waals surface area contributed by atoms with Gasteiger partial charge in [0.1, 0.15) is 0 Å². The van der Waals surface area contributed by atoms with Crippen LogP contribution in [0.4, 0.5) is 0 Å². The Balaban J connectivity index is 0.000000204. The summed E-state index contributed by atoms with van der Waals surface area (Å²) < 4.78 is 0. The second-order valence-electron chi connectivity index (χ2n) is 32.6. The number of nitrogens with one attached hydrogen (secondary N) is 1. The zero-order valence-electron chi connectivity index (χ0n) is 70.5. The molecule has 0 aliphatic heterocycles. The molecule has 17 rings (SSSR count). The number of aromatic amines is 1. The van der Waals surface area contributed by atoms with Gasteiger partial charge < -0.3 is 9.97 Å². The van der Waals surface area contributed by atoms with Crippen molar-refractivity contribution >= 4 is 43.1 Å². The zero-order chi connectivity index (χ0) is 82.6. The summed E-state index contributed by atoms with van der Waals surface area (Å²) in [5.74, 6) is 0. The first-order valence-corrected chi connectivity index (χ1v) is 39.3. The smallest absolute Gasteiger partial charge is 0.656 e. The molecule has 1 N–H and O–H groups in total. The summed E-state index contributed by atoms with van der Waals surface area (Å²) >= 11 is 0. The Morgan fingerprint density at radius 1 is 0.239 bits per heavy atom. The van der Waals surface area contributed by atoms with Crippen LogP contribution in [0.1, 0.15) is 144 Å². The zero-order valence-corrected chi connectivity index (χ0v) is 77.7. The number of aromatic nitrogens is 4. The fourth-order valence-corrected chi connectivity index (χ4v) is 12.4. The van der Waals surface area contributed by atoms with E-state index in [9.17, 15) is 0 Å². The minimum Gasteiger partial charge on any atom is -0.656 e. The van der Waals surface area contributed by atoms with Gasteiger partial charge in [-0.2, -0.15) is 172 Å². The number of pyridine rings is 2. The van der Waals surface area contributed by atoms with Crippen LogP contribution in [-0.4, -0.2) is 15.0 Å². The predicted molar refractivity (Wildman–Crippen MR) is 499 cm³/mol. The van der Waals surface area contributed by atoms with Crippen molar-refractivity contribution in [3.05, 3.63) is 480 Å². The van der Waals surface area contributed by atoms with Crippen molar-refractivity contribution in [3.63, 3.8) is 0 Å². The van der Waals surface area contributed by atoms with Crippen molar-refractivity contribution in [3.8, 4) is 45.3 Å². The Bertz CT molecular complexity index is 5120. The third-order valence-corrected chi connectivity index (χ3v) is 19.0. The van der Waals surface area contributed by atoms with E-state index >= 15 is 0 Å². The van der Waals surface area contributed by atoms with Crippen LogP contribution in [0, 0.1) is 48.5 Å². The molecular formula is C111H112Hf2N4-4. The fourth-order valence-electron chi connectivity index (χ4n) is 12.4.